The lowest BCUT2D eigenvalue weighted by atomic mass is 10.0. The Hall–Kier alpha value is -1.85. The van der Waals surface area contributed by atoms with E-state index in [4.69, 9.17) is 0 Å². The van der Waals surface area contributed by atoms with E-state index in [1.54, 1.807) is 23.9 Å². The van der Waals surface area contributed by atoms with Gasteiger partial charge in [-0.05, 0) is 56.5 Å². The molecule has 0 aliphatic carbocycles. The normalized spacial score (nSPS) is 17.0. The van der Waals surface area contributed by atoms with Crippen LogP contribution in [0, 0.1) is 19.7 Å². The Balaban J connectivity index is 1.72. The Morgan fingerprint density at radius 1 is 1.21 bits per heavy atom. The number of nitrogens with zero attached hydrogens (tertiary/aromatic N) is 2. The van der Waals surface area contributed by atoms with E-state index in [9.17, 15) is 9.18 Å². The van der Waals surface area contributed by atoms with E-state index < -0.39 is 0 Å². The molecule has 28 heavy (non-hydrogen) atoms. The van der Waals surface area contributed by atoms with Crippen molar-refractivity contribution in [3.8, 4) is 0 Å². The molecule has 1 atom stereocenters. The van der Waals surface area contributed by atoms with Gasteiger partial charge in [0.15, 0.2) is 0 Å². The van der Waals surface area contributed by atoms with Crippen LogP contribution in [0.25, 0.3) is 0 Å². The molecule has 1 heterocycles. The molecule has 1 aliphatic rings. The van der Waals surface area contributed by atoms with Crippen LogP contribution in [0.3, 0.4) is 0 Å². The molecular formula is C23H29FN2OS. The van der Waals surface area contributed by atoms with Crippen LogP contribution in [0.2, 0.25) is 0 Å². The molecule has 2 aromatic carbocycles. The highest BCUT2D eigenvalue weighted by molar-refractivity contribution is 7.99. The summed E-state index contributed by atoms with van der Waals surface area (Å²) in [6.45, 7) is 10.4. The number of thioether (sulfide) groups is 1. The van der Waals surface area contributed by atoms with Gasteiger partial charge in [-0.3, -0.25) is 9.69 Å². The molecule has 2 aromatic rings. The van der Waals surface area contributed by atoms with Crippen molar-refractivity contribution in [2.75, 3.05) is 18.8 Å². The minimum absolute atomic E-state index is 0.0252. The van der Waals surface area contributed by atoms with Gasteiger partial charge in [-0.1, -0.05) is 35.9 Å². The summed E-state index contributed by atoms with van der Waals surface area (Å²) in [6, 6.07) is 13.3. The fourth-order valence-corrected chi connectivity index (χ4v) is 4.78. The number of aryl methyl sites for hydroxylation is 2. The van der Waals surface area contributed by atoms with E-state index in [2.05, 4.69) is 50.8 Å². The Labute approximate surface area is 171 Å². The van der Waals surface area contributed by atoms with Gasteiger partial charge in [0.2, 0.25) is 5.91 Å². The largest absolute Gasteiger partial charge is 0.325 e. The van der Waals surface area contributed by atoms with Crippen LogP contribution in [0.1, 0.15) is 41.5 Å². The van der Waals surface area contributed by atoms with Gasteiger partial charge in [-0.2, -0.15) is 0 Å². The van der Waals surface area contributed by atoms with Gasteiger partial charge >= 0.3 is 0 Å². The zero-order chi connectivity index (χ0) is 20.3. The van der Waals surface area contributed by atoms with E-state index in [0.717, 1.165) is 24.4 Å². The van der Waals surface area contributed by atoms with Crippen LogP contribution in [-0.2, 0) is 11.3 Å². The number of rotatable bonds is 6. The molecule has 3 nitrogen and oxygen atoms in total. The first kappa shape index (κ1) is 20.9. The van der Waals surface area contributed by atoms with Crippen LogP contribution in [0.5, 0.6) is 0 Å². The van der Waals surface area contributed by atoms with E-state index in [-0.39, 0.29) is 23.1 Å². The zero-order valence-corrected chi connectivity index (χ0v) is 17.9. The van der Waals surface area contributed by atoms with Gasteiger partial charge in [-0.15, -0.1) is 11.8 Å². The molecule has 0 radical (unpaired) electrons. The number of benzene rings is 2. The summed E-state index contributed by atoms with van der Waals surface area (Å²) in [4.78, 5) is 17.3. The van der Waals surface area contributed by atoms with Crippen LogP contribution < -0.4 is 0 Å². The number of halogens is 1. The number of carbonyl (C=O) groups is 1. The summed E-state index contributed by atoms with van der Waals surface area (Å²) in [6.07, 6.45) is 0. The molecule has 0 bridgehead atoms. The highest BCUT2D eigenvalue weighted by atomic mass is 32.2. The van der Waals surface area contributed by atoms with Crippen molar-refractivity contribution in [1.29, 1.82) is 0 Å². The van der Waals surface area contributed by atoms with Crippen molar-refractivity contribution in [1.82, 2.24) is 9.80 Å². The lowest BCUT2D eigenvalue weighted by Gasteiger charge is -2.31. The number of carbonyl (C=O) groups excluding carboxylic acids is 1. The summed E-state index contributed by atoms with van der Waals surface area (Å²) in [5.74, 6) is 0.800. The number of amides is 1. The van der Waals surface area contributed by atoms with Crippen molar-refractivity contribution >= 4 is 17.7 Å². The molecule has 1 aliphatic heterocycles. The molecule has 0 N–H and O–H groups in total. The molecule has 1 fully saturated rings. The van der Waals surface area contributed by atoms with Crippen molar-refractivity contribution in [3.05, 3.63) is 70.5 Å². The van der Waals surface area contributed by atoms with E-state index in [1.165, 1.54) is 28.8 Å². The fourth-order valence-electron chi connectivity index (χ4n) is 3.50. The predicted molar refractivity (Wildman–Crippen MR) is 115 cm³/mol. The van der Waals surface area contributed by atoms with E-state index in [1.807, 2.05) is 4.90 Å². The Bertz CT molecular complexity index is 822. The molecule has 5 heteroatoms. The standard InChI is InChI=1S/C23H29FN2OS/c1-16(2)25(14-20-13-17(3)5-6-18(20)4)15-22(27)26-11-12-28-23(26)19-7-9-21(24)10-8-19/h5-10,13,16,23H,11-12,14-15H2,1-4H3/t23-/m0/s1. The third-order valence-electron chi connectivity index (χ3n) is 5.31. The first-order chi connectivity index (χ1) is 13.3. The van der Waals surface area contributed by atoms with Gasteiger partial charge in [0.1, 0.15) is 11.2 Å². The number of hydrogen-bond donors (Lipinski definition) is 0. The first-order valence-corrected chi connectivity index (χ1v) is 10.9. The molecular weight excluding hydrogens is 371 g/mol. The Morgan fingerprint density at radius 2 is 1.93 bits per heavy atom. The second-order valence-corrected chi connectivity index (χ2v) is 8.98. The maximum absolute atomic E-state index is 13.3. The third kappa shape index (κ3) is 4.95. The molecule has 3 rings (SSSR count). The minimum Gasteiger partial charge on any atom is -0.325 e. The van der Waals surface area contributed by atoms with Gasteiger partial charge in [0.05, 0.1) is 6.54 Å². The van der Waals surface area contributed by atoms with Crippen molar-refractivity contribution in [2.45, 2.75) is 45.7 Å². The average Bonchev–Trinajstić information content (AvgIpc) is 3.14. The molecule has 0 unspecified atom stereocenters. The second-order valence-electron chi connectivity index (χ2n) is 7.79. The lowest BCUT2D eigenvalue weighted by molar-refractivity contribution is -0.133. The summed E-state index contributed by atoms with van der Waals surface area (Å²) in [5, 5.41) is -0.0252. The first-order valence-electron chi connectivity index (χ1n) is 9.82. The minimum atomic E-state index is -0.246. The van der Waals surface area contributed by atoms with Crippen molar-refractivity contribution in [3.63, 3.8) is 0 Å². The van der Waals surface area contributed by atoms with Crippen molar-refractivity contribution in [2.24, 2.45) is 0 Å². The summed E-state index contributed by atoms with van der Waals surface area (Å²) < 4.78 is 13.3. The summed E-state index contributed by atoms with van der Waals surface area (Å²) >= 11 is 1.75. The van der Waals surface area contributed by atoms with Gasteiger partial charge in [0.25, 0.3) is 0 Å². The third-order valence-corrected chi connectivity index (χ3v) is 6.57. The van der Waals surface area contributed by atoms with E-state index in [0.29, 0.717) is 6.54 Å². The maximum Gasteiger partial charge on any atom is 0.237 e. The van der Waals surface area contributed by atoms with Gasteiger partial charge < -0.3 is 4.90 Å². The Morgan fingerprint density at radius 3 is 2.61 bits per heavy atom. The quantitative estimate of drug-likeness (QED) is 0.687. The monoisotopic (exact) mass is 400 g/mol. The molecule has 150 valence electrons. The molecule has 1 saturated heterocycles. The highest BCUT2D eigenvalue weighted by Crippen LogP contribution is 2.38. The predicted octanol–water partition coefficient (Wildman–Crippen LogP) is 4.93. The van der Waals surface area contributed by atoms with Crippen molar-refractivity contribution < 1.29 is 9.18 Å². The summed E-state index contributed by atoms with van der Waals surface area (Å²) in [7, 11) is 0. The lowest BCUT2D eigenvalue weighted by Crippen LogP contribution is -2.42. The summed E-state index contributed by atoms with van der Waals surface area (Å²) in [5.41, 5.74) is 4.75. The van der Waals surface area contributed by atoms with Crippen LogP contribution >= 0.6 is 11.8 Å². The SMILES string of the molecule is Cc1ccc(C)c(CN(CC(=O)N2CCS[C@H]2c2ccc(F)cc2)C(C)C)c1. The highest BCUT2D eigenvalue weighted by Gasteiger charge is 2.31. The molecule has 0 aromatic heterocycles. The van der Waals surface area contributed by atoms with E-state index >= 15 is 0 Å². The molecule has 1 amide bonds. The number of hydrogen-bond acceptors (Lipinski definition) is 3. The van der Waals surface area contributed by atoms with Gasteiger partial charge in [0, 0.05) is 24.9 Å². The van der Waals surface area contributed by atoms with Crippen LogP contribution in [0.15, 0.2) is 42.5 Å². The fraction of sp³-hybridized carbons (Fsp3) is 0.435. The average molecular weight is 401 g/mol. The second kappa shape index (κ2) is 9.10. The van der Waals surface area contributed by atoms with Gasteiger partial charge in [-0.25, -0.2) is 4.39 Å². The van der Waals surface area contributed by atoms with Crippen LogP contribution in [-0.4, -0.2) is 40.6 Å². The zero-order valence-electron chi connectivity index (χ0n) is 17.1. The maximum atomic E-state index is 13.3. The Kier molecular flexibility index (Phi) is 6.78. The topological polar surface area (TPSA) is 23.6 Å². The van der Waals surface area contributed by atoms with Crippen LogP contribution in [0.4, 0.5) is 4.39 Å². The smallest absolute Gasteiger partial charge is 0.237 e. The molecule has 0 spiro atoms. The molecule has 0 saturated carbocycles.